The molecule has 2 atom stereocenters. The quantitative estimate of drug-likeness (QED) is 0.697. The van der Waals surface area contributed by atoms with Crippen LogP contribution in [0.5, 0.6) is 0 Å². The van der Waals surface area contributed by atoms with Gasteiger partial charge in [-0.1, -0.05) is 13.8 Å². The van der Waals surface area contributed by atoms with E-state index in [9.17, 15) is 4.79 Å². The van der Waals surface area contributed by atoms with Crippen LogP contribution in [-0.2, 0) is 9.53 Å². The zero-order chi connectivity index (χ0) is 11.3. The molecule has 1 aliphatic rings. The van der Waals surface area contributed by atoms with Gasteiger partial charge in [0.2, 0.25) is 0 Å². The van der Waals surface area contributed by atoms with E-state index in [4.69, 9.17) is 4.74 Å². The van der Waals surface area contributed by atoms with Gasteiger partial charge in [0.15, 0.2) is 0 Å². The van der Waals surface area contributed by atoms with Crippen LogP contribution in [-0.4, -0.2) is 49.7 Å². The van der Waals surface area contributed by atoms with Crippen molar-refractivity contribution in [1.82, 2.24) is 10.2 Å². The minimum Gasteiger partial charge on any atom is -0.468 e. The highest BCUT2D eigenvalue weighted by Crippen LogP contribution is 2.16. The number of carbonyl (C=O) groups is 1. The van der Waals surface area contributed by atoms with Gasteiger partial charge in [-0.25, -0.2) is 0 Å². The minimum absolute atomic E-state index is 0.133. The number of carbonyl (C=O) groups excluding carboxylic acids is 1. The van der Waals surface area contributed by atoms with Gasteiger partial charge in [0.05, 0.1) is 7.11 Å². The molecule has 0 amide bonds. The lowest BCUT2D eigenvalue weighted by molar-refractivity contribution is -0.145. The maximum atomic E-state index is 11.6. The highest BCUT2D eigenvalue weighted by Gasteiger charge is 2.34. The second-order valence-corrected chi connectivity index (χ2v) is 3.89. The molecular formula is C11H22N2O2. The zero-order valence-corrected chi connectivity index (χ0v) is 9.95. The van der Waals surface area contributed by atoms with Crippen LogP contribution in [0, 0.1) is 0 Å². The Morgan fingerprint density at radius 1 is 1.47 bits per heavy atom. The smallest absolute Gasteiger partial charge is 0.324 e. The van der Waals surface area contributed by atoms with E-state index >= 15 is 0 Å². The van der Waals surface area contributed by atoms with Gasteiger partial charge in [0, 0.05) is 6.04 Å². The number of rotatable bonds is 4. The monoisotopic (exact) mass is 214 g/mol. The van der Waals surface area contributed by atoms with Gasteiger partial charge < -0.3 is 10.1 Å². The molecule has 0 aromatic rings. The Morgan fingerprint density at radius 3 is 2.67 bits per heavy atom. The summed E-state index contributed by atoms with van der Waals surface area (Å²) in [7, 11) is 1.46. The number of nitrogens with zero attached hydrogens (tertiary/aromatic N) is 1. The predicted molar refractivity (Wildman–Crippen MR) is 59.7 cm³/mol. The fraction of sp³-hybridized carbons (Fsp3) is 0.909. The first kappa shape index (κ1) is 12.5. The Bertz CT molecular complexity index is 205. The molecule has 0 radical (unpaired) electrons. The zero-order valence-electron chi connectivity index (χ0n) is 9.95. The molecule has 0 aromatic heterocycles. The summed E-state index contributed by atoms with van der Waals surface area (Å²) >= 11 is 0. The first-order valence-corrected chi connectivity index (χ1v) is 5.79. The summed E-state index contributed by atoms with van der Waals surface area (Å²) < 4.78 is 4.83. The highest BCUT2D eigenvalue weighted by atomic mass is 16.5. The average molecular weight is 214 g/mol. The standard InChI is InChI=1S/C11H22N2O2/c1-4-13(5-2)9-7-6-8-12-10(9)11(14)15-3/h9-10,12H,4-8H2,1-3H3. The number of piperidine rings is 1. The number of hydrogen-bond acceptors (Lipinski definition) is 4. The van der Waals surface area contributed by atoms with Crippen LogP contribution in [0.15, 0.2) is 0 Å². The van der Waals surface area contributed by atoms with Crippen LogP contribution in [0.3, 0.4) is 0 Å². The van der Waals surface area contributed by atoms with Crippen molar-refractivity contribution >= 4 is 5.97 Å². The molecule has 4 nitrogen and oxygen atoms in total. The van der Waals surface area contributed by atoms with Crippen molar-refractivity contribution in [2.24, 2.45) is 0 Å². The van der Waals surface area contributed by atoms with Crippen molar-refractivity contribution in [2.75, 3.05) is 26.7 Å². The molecule has 1 heterocycles. The van der Waals surface area contributed by atoms with Gasteiger partial charge in [-0.3, -0.25) is 9.69 Å². The van der Waals surface area contributed by atoms with Gasteiger partial charge in [-0.05, 0) is 32.5 Å². The maximum Gasteiger partial charge on any atom is 0.324 e. The fourth-order valence-corrected chi connectivity index (χ4v) is 2.32. The van der Waals surface area contributed by atoms with Crippen molar-refractivity contribution < 1.29 is 9.53 Å². The Kier molecular flexibility index (Phi) is 5.05. The topological polar surface area (TPSA) is 41.6 Å². The second kappa shape index (κ2) is 6.08. The summed E-state index contributed by atoms with van der Waals surface area (Å²) in [6.45, 7) is 7.14. The normalized spacial score (nSPS) is 26.7. The van der Waals surface area contributed by atoms with E-state index in [2.05, 4.69) is 24.1 Å². The van der Waals surface area contributed by atoms with E-state index in [1.165, 1.54) is 7.11 Å². The minimum atomic E-state index is -0.149. The number of ether oxygens (including phenoxy) is 1. The fourth-order valence-electron chi connectivity index (χ4n) is 2.32. The Balaban J connectivity index is 2.68. The third-order valence-corrected chi connectivity index (χ3v) is 3.16. The number of nitrogens with one attached hydrogen (secondary N) is 1. The Morgan fingerprint density at radius 2 is 2.13 bits per heavy atom. The average Bonchev–Trinajstić information content (AvgIpc) is 2.30. The Labute approximate surface area is 92.0 Å². The SMILES string of the molecule is CCN(CC)C1CCCNC1C(=O)OC. The lowest BCUT2D eigenvalue weighted by Gasteiger charge is -2.38. The molecule has 2 unspecified atom stereocenters. The van der Waals surface area contributed by atoms with E-state index in [0.29, 0.717) is 6.04 Å². The molecule has 1 rings (SSSR count). The van der Waals surface area contributed by atoms with E-state index in [1.54, 1.807) is 0 Å². The molecule has 4 heteroatoms. The van der Waals surface area contributed by atoms with Crippen molar-refractivity contribution in [3.05, 3.63) is 0 Å². The summed E-state index contributed by atoms with van der Waals surface area (Å²) in [4.78, 5) is 13.9. The van der Waals surface area contributed by atoms with Crippen LogP contribution < -0.4 is 5.32 Å². The van der Waals surface area contributed by atoms with Crippen LogP contribution in [0.4, 0.5) is 0 Å². The largest absolute Gasteiger partial charge is 0.468 e. The molecular weight excluding hydrogens is 192 g/mol. The van der Waals surface area contributed by atoms with Gasteiger partial charge >= 0.3 is 5.97 Å². The first-order chi connectivity index (χ1) is 7.24. The van der Waals surface area contributed by atoms with E-state index in [0.717, 1.165) is 32.5 Å². The lowest BCUT2D eigenvalue weighted by atomic mass is 9.96. The number of likely N-dealkylation sites (N-methyl/N-ethyl adjacent to an activating group) is 1. The maximum absolute atomic E-state index is 11.6. The van der Waals surface area contributed by atoms with Crippen LogP contribution >= 0.6 is 0 Å². The highest BCUT2D eigenvalue weighted by molar-refractivity contribution is 5.76. The molecule has 1 aliphatic heterocycles. The van der Waals surface area contributed by atoms with Crippen molar-refractivity contribution in [1.29, 1.82) is 0 Å². The molecule has 0 aromatic carbocycles. The predicted octanol–water partition coefficient (Wildman–Crippen LogP) is 0.622. The third kappa shape index (κ3) is 2.92. The van der Waals surface area contributed by atoms with E-state index in [-0.39, 0.29) is 12.0 Å². The molecule has 15 heavy (non-hydrogen) atoms. The third-order valence-electron chi connectivity index (χ3n) is 3.16. The molecule has 0 bridgehead atoms. The van der Waals surface area contributed by atoms with E-state index < -0.39 is 0 Å². The van der Waals surface area contributed by atoms with Crippen LogP contribution in [0.1, 0.15) is 26.7 Å². The van der Waals surface area contributed by atoms with E-state index in [1.807, 2.05) is 0 Å². The summed E-state index contributed by atoms with van der Waals surface area (Å²) in [5.41, 5.74) is 0. The molecule has 88 valence electrons. The second-order valence-electron chi connectivity index (χ2n) is 3.89. The van der Waals surface area contributed by atoms with Gasteiger partial charge in [-0.15, -0.1) is 0 Å². The van der Waals surface area contributed by atoms with Gasteiger partial charge in [-0.2, -0.15) is 0 Å². The summed E-state index contributed by atoms with van der Waals surface area (Å²) in [6, 6.07) is 0.143. The Hall–Kier alpha value is -0.610. The van der Waals surface area contributed by atoms with Gasteiger partial charge in [0.1, 0.15) is 6.04 Å². The first-order valence-electron chi connectivity index (χ1n) is 5.79. The van der Waals surface area contributed by atoms with Crippen molar-refractivity contribution in [2.45, 2.75) is 38.8 Å². The molecule has 1 saturated heterocycles. The molecule has 0 saturated carbocycles. The molecule has 1 N–H and O–H groups in total. The summed E-state index contributed by atoms with van der Waals surface area (Å²) in [5, 5.41) is 3.25. The summed E-state index contributed by atoms with van der Waals surface area (Å²) in [6.07, 6.45) is 2.21. The number of hydrogen-bond donors (Lipinski definition) is 1. The van der Waals surface area contributed by atoms with Crippen LogP contribution in [0.25, 0.3) is 0 Å². The lowest BCUT2D eigenvalue weighted by Crippen LogP contribution is -2.57. The molecule has 0 spiro atoms. The number of methoxy groups -OCH3 is 1. The van der Waals surface area contributed by atoms with Crippen molar-refractivity contribution in [3.63, 3.8) is 0 Å². The molecule has 1 fully saturated rings. The van der Waals surface area contributed by atoms with Crippen LogP contribution in [0.2, 0.25) is 0 Å². The molecule has 0 aliphatic carbocycles. The summed E-state index contributed by atoms with van der Waals surface area (Å²) in [5.74, 6) is -0.133. The van der Waals surface area contributed by atoms with Crippen molar-refractivity contribution in [3.8, 4) is 0 Å². The van der Waals surface area contributed by atoms with Gasteiger partial charge in [0.25, 0.3) is 0 Å². The number of esters is 1.